The molecular weight excluding hydrogens is 926 g/mol. The number of carbonyl (C=O) groups is 3. The number of imide groups is 1. The summed E-state index contributed by atoms with van der Waals surface area (Å²) >= 11 is 0. The van der Waals surface area contributed by atoms with E-state index in [2.05, 4.69) is 25.2 Å². The molecule has 0 bridgehead atoms. The number of piperidine rings is 3. The molecule has 2 atom stereocenters. The fraction of sp³-hybridized carbons (Fsp3) is 0.467. The molecule has 3 aromatic carbocycles. The predicted octanol–water partition coefficient (Wildman–Crippen LogP) is 3.57. The van der Waals surface area contributed by atoms with Crippen molar-refractivity contribution in [1.82, 2.24) is 29.0 Å². The molecule has 3 amide bonds. The summed E-state index contributed by atoms with van der Waals surface area (Å²) in [6.07, 6.45) is 5.88. The molecule has 362 valence electrons. The Kier molecular flexibility index (Phi) is 13.8. The number of anilines is 2. The molecule has 2 unspecified atom stereocenters. The third kappa shape index (κ3) is 10.6. The first-order chi connectivity index (χ1) is 32.3. The number of ether oxygens (including phenoxy) is 2. The molecule has 4 saturated heterocycles. The number of amides is 3. The second-order valence-electron chi connectivity index (χ2n) is 17.6. The molecule has 0 saturated carbocycles. The summed E-state index contributed by atoms with van der Waals surface area (Å²) < 4.78 is 87.5. The lowest BCUT2D eigenvalue weighted by Crippen LogP contribution is -2.50. The highest BCUT2D eigenvalue weighted by molar-refractivity contribution is 7.90. The third-order valence-electron chi connectivity index (χ3n) is 13.1. The van der Waals surface area contributed by atoms with Gasteiger partial charge in [-0.3, -0.25) is 38.7 Å². The van der Waals surface area contributed by atoms with Gasteiger partial charge < -0.3 is 23.9 Å². The molecule has 3 N–H and O–H groups in total. The first kappa shape index (κ1) is 48.3. The molecule has 1 aromatic heterocycles. The maximum absolute atomic E-state index is 15.1. The van der Waals surface area contributed by atoms with Crippen molar-refractivity contribution in [2.24, 2.45) is 0 Å². The summed E-state index contributed by atoms with van der Waals surface area (Å²) in [6, 6.07) is 12.4. The van der Waals surface area contributed by atoms with Crippen molar-refractivity contribution >= 4 is 60.3 Å². The lowest BCUT2D eigenvalue weighted by Gasteiger charge is -2.40. The Labute approximate surface area is 392 Å². The summed E-state index contributed by atoms with van der Waals surface area (Å²) in [5, 5.41) is 15.5. The van der Waals surface area contributed by atoms with Gasteiger partial charge in [-0.05, 0) is 99.5 Å². The second-order valence-corrected chi connectivity index (χ2v) is 21.0. The van der Waals surface area contributed by atoms with Crippen molar-refractivity contribution in [2.75, 3.05) is 69.2 Å². The van der Waals surface area contributed by atoms with E-state index in [0.717, 1.165) is 22.7 Å². The summed E-state index contributed by atoms with van der Waals surface area (Å²) in [4.78, 5) is 59.9. The van der Waals surface area contributed by atoms with Gasteiger partial charge in [0.25, 0.3) is 5.56 Å². The molecule has 0 radical (unpaired) electrons. The summed E-state index contributed by atoms with van der Waals surface area (Å²) in [7, 11) is -6.57. The molecular formula is C45H52FN9O11S2. The lowest BCUT2D eigenvalue weighted by molar-refractivity contribution is -0.137. The Morgan fingerprint density at radius 1 is 1.04 bits per heavy atom. The van der Waals surface area contributed by atoms with Crippen LogP contribution in [0.5, 0.6) is 17.2 Å². The van der Waals surface area contributed by atoms with Crippen LogP contribution in [0.3, 0.4) is 0 Å². The van der Waals surface area contributed by atoms with Crippen LogP contribution in [0.25, 0.3) is 10.9 Å². The van der Waals surface area contributed by atoms with Gasteiger partial charge >= 0.3 is 20.3 Å². The summed E-state index contributed by atoms with van der Waals surface area (Å²) in [6.45, 7) is 4.39. The molecule has 4 fully saturated rings. The van der Waals surface area contributed by atoms with Crippen molar-refractivity contribution < 1.29 is 49.3 Å². The molecule has 5 heterocycles. The Bertz CT molecular complexity index is 2970. The highest BCUT2D eigenvalue weighted by Gasteiger charge is 2.44. The second kappa shape index (κ2) is 19.4. The zero-order chi connectivity index (χ0) is 48.5. The van der Waals surface area contributed by atoms with Gasteiger partial charge in [0.2, 0.25) is 17.7 Å². The number of fused-ring (bicyclic) bond motifs is 1. The minimum atomic E-state index is -4.04. The number of hydrogen-bond donors (Lipinski definition) is 3. The number of likely N-dealkylation sites (tertiary alicyclic amines) is 2. The van der Waals surface area contributed by atoms with E-state index < -0.39 is 49.4 Å². The molecule has 4 aliphatic rings. The van der Waals surface area contributed by atoms with Crippen LogP contribution in [0.15, 0.2) is 59.7 Å². The van der Waals surface area contributed by atoms with E-state index in [0.29, 0.717) is 81.5 Å². The first-order valence-electron chi connectivity index (χ1n) is 22.3. The maximum atomic E-state index is 15.1. The Morgan fingerprint density at radius 3 is 2.49 bits per heavy atom. The molecule has 4 aromatic rings. The van der Waals surface area contributed by atoms with E-state index in [1.54, 1.807) is 25.1 Å². The third-order valence-corrected chi connectivity index (χ3v) is 15.2. The van der Waals surface area contributed by atoms with Gasteiger partial charge in [0.1, 0.15) is 29.2 Å². The van der Waals surface area contributed by atoms with Crippen molar-refractivity contribution in [3.05, 3.63) is 82.2 Å². The molecule has 4 aliphatic heterocycles. The number of hydrogen-bond acceptors (Lipinski definition) is 15. The normalized spacial score (nSPS) is 20.3. The number of rotatable bonds is 14. The monoisotopic (exact) mass is 977 g/mol. The van der Waals surface area contributed by atoms with E-state index in [1.165, 1.54) is 36.1 Å². The number of halogens is 1. The first-order valence-corrected chi connectivity index (χ1v) is 25.5. The molecule has 23 heteroatoms. The topological polar surface area (TPSA) is 252 Å². The summed E-state index contributed by atoms with van der Waals surface area (Å²) in [5.41, 5.74) is 0.0487. The molecule has 8 rings (SSSR count). The van der Waals surface area contributed by atoms with E-state index in [4.69, 9.17) is 13.7 Å². The zero-order valence-corrected chi connectivity index (χ0v) is 39.3. The van der Waals surface area contributed by atoms with E-state index in [1.807, 2.05) is 11.0 Å². The van der Waals surface area contributed by atoms with Crippen LogP contribution < -0.4 is 29.8 Å². The van der Waals surface area contributed by atoms with Gasteiger partial charge in [-0.25, -0.2) is 9.37 Å². The fourth-order valence-corrected chi connectivity index (χ4v) is 10.6. The Hall–Kier alpha value is -6.19. The fourth-order valence-electron chi connectivity index (χ4n) is 9.23. The molecule has 1 spiro atoms. The lowest BCUT2D eigenvalue weighted by atomic mass is 9.87. The SMILES string of the molecule is CCN(C)S(=O)(=O)Nc1ccc(F)c(Oc2ccc3ncn(C4COC5(CCN(C(=O)CN6CCC(c7ccc(NC8CCC(=O)NC8=O)cc7OS(C)(=O)=O)CC6)CC5)C4)c(=O)c3c2)c1C#N. The number of benzene rings is 3. The van der Waals surface area contributed by atoms with Crippen LogP contribution in [0.2, 0.25) is 0 Å². The molecule has 20 nitrogen and oxygen atoms in total. The number of nitrogens with zero attached hydrogens (tertiary/aromatic N) is 6. The van der Waals surface area contributed by atoms with Crippen LogP contribution in [0.1, 0.15) is 75.0 Å². The zero-order valence-electron chi connectivity index (χ0n) is 37.7. The Balaban J connectivity index is 0.863. The maximum Gasteiger partial charge on any atom is 0.306 e. The molecule has 68 heavy (non-hydrogen) atoms. The van der Waals surface area contributed by atoms with Gasteiger partial charge in [0.15, 0.2) is 11.6 Å². The van der Waals surface area contributed by atoms with Crippen LogP contribution in [0.4, 0.5) is 15.8 Å². The van der Waals surface area contributed by atoms with Crippen molar-refractivity contribution in [3.63, 3.8) is 0 Å². The largest absolute Gasteiger partial charge is 0.453 e. The highest BCUT2D eigenvalue weighted by atomic mass is 32.2. The minimum absolute atomic E-state index is 0.00955. The van der Waals surface area contributed by atoms with Gasteiger partial charge in [-0.15, -0.1) is 0 Å². The van der Waals surface area contributed by atoms with E-state index in [-0.39, 0.29) is 83.6 Å². The van der Waals surface area contributed by atoms with Gasteiger partial charge in [0.05, 0.1) is 54.0 Å². The van der Waals surface area contributed by atoms with Crippen molar-refractivity contribution in [3.8, 4) is 23.3 Å². The Morgan fingerprint density at radius 2 is 1.79 bits per heavy atom. The van der Waals surface area contributed by atoms with Gasteiger partial charge in [0, 0.05) is 44.9 Å². The quantitative estimate of drug-likeness (QED) is 0.121. The highest BCUT2D eigenvalue weighted by Crippen LogP contribution is 2.41. The van der Waals surface area contributed by atoms with Crippen LogP contribution in [-0.4, -0.2) is 129 Å². The van der Waals surface area contributed by atoms with Crippen LogP contribution in [-0.2, 0) is 39.4 Å². The predicted molar refractivity (Wildman–Crippen MR) is 246 cm³/mol. The van der Waals surface area contributed by atoms with E-state index >= 15 is 4.39 Å². The number of nitrogens with one attached hydrogen (secondary N) is 3. The number of carbonyl (C=O) groups excluding carboxylic acids is 3. The average molecular weight is 978 g/mol. The van der Waals surface area contributed by atoms with Gasteiger partial charge in [-0.1, -0.05) is 13.0 Å². The number of aromatic nitrogens is 2. The minimum Gasteiger partial charge on any atom is -0.453 e. The van der Waals surface area contributed by atoms with Crippen molar-refractivity contribution in [2.45, 2.75) is 75.5 Å². The van der Waals surface area contributed by atoms with Crippen LogP contribution in [0, 0.1) is 17.1 Å². The smallest absolute Gasteiger partial charge is 0.306 e. The molecule has 0 aliphatic carbocycles. The van der Waals surface area contributed by atoms with Crippen molar-refractivity contribution in [1.29, 1.82) is 5.26 Å². The standard InChI is InChI=1S/C45H52FN9O11S2/c1-4-52(2)68(62,63)51-37-10-8-35(46)42(34(37)24-47)65-31-6-9-36-33(22-31)44(59)55(27-48-36)30-23-45(64-26-30)15-19-54(20-16-45)41(57)25-53-17-13-28(14-18-53)32-7-5-29(21-39(32)66-67(3,60)61)49-38-11-12-40(56)50-43(38)58/h5-10,21-22,27-28,30,38,49,51H,4,11-20,23,25-26H2,1-3H3,(H,50,56,58). The average Bonchev–Trinajstić information content (AvgIpc) is 3.71. The summed E-state index contributed by atoms with van der Waals surface area (Å²) in [5.74, 6) is -2.08. The number of nitriles is 1. The van der Waals surface area contributed by atoms with Crippen LogP contribution >= 0.6 is 0 Å². The van der Waals surface area contributed by atoms with Gasteiger partial charge in [-0.2, -0.15) is 26.4 Å². The van der Waals surface area contributed by atoms with E-state index in [9.17, 15) is 41.3 Å².